The molecule has 2 aromatic heterocycles. The Kier molecular flexibility index (Phi) is 3.10. The first kappa shape index (κ1) is 10.6. The predicted molar refractivity (Wildman–Crippen MR) is 67.9 cm³/mol. The van der Waals surface area contributed by atoms with Crippen molar-refractivity contribution < 1.29 is 0 Å². The smallest absolute Gasteiger partial charge is 0.117 e. The lowest BCUT2D eigenvalue weighted by Gasteiger charge is -2.08. The zero-order chi connectivity index (χ0) is 11.4. The monoisotopic (exact) mass is 212 g/mol. The van der Waals surface area contributed by atoms with E-state index in [1.807, 2.05) is 18.3 Å². The SMILES string of the molecule is C=CCc1cc[nH]c1-n1cccc1CC=C. The molecule has 2 rings (SSSR count). The van der Waals surface area contributed by atoms with Gasteiger partial charge >= 0.3 is 0 Å². The van der Waals surface area contributed by atoms with Crippen LogP contribution in [0.2, 0.25) is 0 Å². The first-order valence-electron chi connectivity index (χ1n) is 5.41. The largest absolute Gasteiger partial charge is 0.348 e. The van der Waals surface area contributed by atoms with E-state index in [1.165, 1.54) is 11.3 Å². The van der Waals surface area contributed by atoms with Crippen LogP contribution in [-0.2, 0) is 12.8 Å². The lowest BCUT2D eigenvalue weighted by molar-refractivity contribution is 0.929. The molecule has 0 spiro atoms. The van der Waals surface area contributed by atoms with Crippen molar-refractivity contribution in [2.24, 2.45) is 0 Å². The van der Waals surface area contributed by atoms with E-state index in [0.717, 1.165) is 18.7 Å². The van der Waals surface area contributed by atoms with Crippen LogP contribution in [0.1, 0.15) is 11.3 Å². The van der Waals surface area contributed by atoms with Crippen LogP contribution in [-0.4, -0.2) is 9.55 Å². The van der Waals surface area contributed by atoms with Gasteiger partial charge in [-0.3, -0.25) is 0 Å². The fourth-order valence-corrected chi connectivity index (χ4v) is 1.89. The number of nitrogens with zero attached hydrogens (tertiary/aromatic N) is 1. The Morgan fingerprint density at radius 1 is 1.19 bits per heavy atom. The van der Waals surface area contributed by atoms with Crippen LogP contribution in [0.15, 0.2) is 55.9 Å². The highest BCUT2D eigenvalue weighted by molar-refractivity contribution is 5.38. The third-order valence-corrected chi connectivity index (χ3v) is 2.60. The van der Waals surface area contributed by atoms with E-state index in [4.69, 9.17) is 0 Å². The highest BCUT2D eigenvalue weighted by atomic mass is 15.1. The molecule has 0 unspecified atom stereocenters. The zero-order valence-corrected chi connectivity index (χ0v) is 9.32. The van der Waals surface area contributed by atoms with Crippen molar-refractivity contribution in [2.75, 3.05) is 0 Å². The quantitative estimate of drug-likeness (QED) is 0.734. The molecule has 2 aromatic rings. The maximum absolute atomic E-state index is 3.78. The summed E-state index contributed by atoms with van der Waals surface area (Å²) in [5, 5.41) is 0. The molecule has 0 radical (unpaired) electrons. The Hall–Kier alpha value is -1.96. The van der Waals surface area contributed by atoms with Crippen LogP contribution in [0.5, 0.6) is 0 Å². The van der Waals surface area contributed by atoms with Gasteiger partial charge in [0.1, 0.15) is 5.82 Å². The van der Waals surface area contributed by atoms with Gasteiger partial charge in [0.25, 0.3) is 0 Å². The van der Waals surface area contributed by atoms with Gasteiger partial charge < -0.3 is 9.55 Å². The number of H-pyrrole nitrogens is 1. The second-order valence-electron chi connectivity index (χ2n) is 3.71. The van der Waals surface area contributed by atoms with E-state index >= 15 is 0 Å². The molecule has 0 aliphatic carbocycles. The van der Waals surface area contributed by atoms with Crippen LogP contribution >= 0.6 is 0 Å². The molecule has 0 aliphatic heterocycles. The third-order valence-electron chi connectivity index (χ3n) is 2.60. The summed E-state index contributed by atoms with van der Waals surface area (Å²) >= 11 is 0. The summed E-state index contributed by atoms with van der Waals surface area (Å²) in [4.78, 5) is 3.27. The molecule has 0 atom stereocenters. The normalized spacial score (nSPS) is 10.2. The van der Waals surface area contributed by atoms with Gasteiger partial charge in [0, 0.05) is 24.5 Å². The molecule has 2 heteroatoms. The number of rotatable bonds is 5. The second kappa shape index (κ2) is 4.71. The lowest BCUT2D eigenvalue weighted by Crippen LogP contribution is -2.01. The molecule has 0 bridgehead atoms. The van der Waals surface area contributed by atoms with E-state index in [1.54, 1.807) is 0 Å². The molecule has 0 aliphatic rings. The number of aromatic nitrogens is 2. The highest BCUT2D eigenvalue weighted by Gasteiger charge is 2.07. The van der Waals surface area contributed by atoms with Crippen molar-refractivity contribution in [1.82, 2.24) is 9.55 Å². The van der Waals surface area contributed by atoms with Crippen molar-refractivity contribution in [3.8, 4) is 5.82 Å². The standard InChI is InChI=1S/C14H16N2/c1-3-6-12-9-10-15-14(12)16-11-5-8-13(16)7-4-2/h3-5,8-11,15H,1-2,6-7H2. The number of hydrogen-bond acceptors (Lipinski definition) is 0. The minimum Gasteiger partial charge on any atom is -0.348 e. The minimum atomic E-state index is 0.875. The Morgan fingerprint density at radius 3 is 2.75 bits per heavy atom. The first-order valence-corrected chi connectivity index (χ1v) is 5.41. The zero-order valence-electron chi connectivity index (χ0n) is 9.32. The van der Waals surface area contributed by atoms with Gasteiger partial charge in [-0.15, -0.1) is 13.2 Å². The van der Waals surface area contributed by atoms with E-state index < -0.39 is 0 Å². The molecule has 82 valence electrons. The van der Waals surface area contributed by atoms with E-state index in [0.29, 0.717) is 0 Å². The predicted octanol–water partition coefficient (Wildman–Crippen LogP) is 3.26. The van der Waals surface area contributed by atoms with Gasteiger partial charge in [0.2, 0.25) is 0 Å². The van der Waals surface area contributed by atoms with Crippen molar-refractivity contribution in [3.05, 3.63) is 67.2 Å². The first-order chi connectivity index (χ1) is 7.86. The number of aromatic amines is 1. The van der Waals surface area contributed by atoms with Crippen molar-refractivity contribution >= 4 is 0 Å². The molecule has 0 aromatic carbocycles. The molecular formula is C14H16N2. The molecule has 16 heavy (non-hydrogen) atoms. The average molecular weight is 212 g/mol. The molecular weight excluding hydrogens is 196 g/mol. The summed E-state index contributed by atoms with van der Waals surface area (Å²) in [5.74, 6) is 1.13. The van der Waals surface area contributed by atoms with E-state index in [2.05, 4.69) is 47.1 Å². The van der Waals surface area contributed by atoms with E-state index in [-0.39, 0.29) is 0 Å². The summed E-state index contributed by atoms with van der Waals surface area (Å²) < 4.78 is 2.17. The topological polar surface area (TPSA) is 20.7 Å². The van der Waals surface area contributed by atoms with Crippen LogP contribution in [0.4, 0.5) is 0 Å². The number of nitrogens with one attached hydrogen (secondary N) is 1. The van der Waals surface area contributed by atoms with Crippen LogP contribution in [0, 0.1) is 0 Å². The molecule has 0 saturated carbocycles. The van der Waals surface area contributed by atoms with Gasteiger partial charge in [0.15, 0.2) is 0 Å². The number of hydrogen-bond donors (Lipinski definition) is 1. The Balaban J connectivity index is 2.41. The van der Waals surface area contributed by atoms with Crippen LogP contribution in [0.25, 0.3) is 5.82 Å². The van der Waals surface area contributed by atoms with Crippen molar-refractivity contribution in [2.45, 2.75) is 12.8 Å². The maximum atomic E-state index is 3.78. The number of allylic oxidation sites excluding steroid dienone is 2. The van der Waals surface area contributed by atoms with Gasteiger partial charge in [-0.2, -0.15) is 0 Å². The summed E-state index contributed by atoms with van der Waals surface area (Å²) in [6.07, 6.45) is 9.62. The molecule has 0 saturated heterocycles. The lowest BCUT2D eigenvalue weighted by atomic mass is 10.2. The molecule has 2 heterocycles. The van der Waals surface area contributed by atoms with Gasteiger partial charge in [-0.25, -0.2) is 0 Å². The van der Waals surface area contributed by atoms with Gasteiger partial charge in [-0.1, -0.05) is 12.2 Å². The molecule has 0 fully saturated rings. The van der Waals surface area contributed by atoms with Crippen LogP contribution < -0.4 is 0 Å². The average Bonchev–Trinajstić information content (AvgIpc) is 2.87. The Morgan fingerprint density at radius 2 is 2.00 bits per heavy atom. The van der Waals surface area contributed by atoms with Crippen molar-refractivity contribution in [1.29, 1.82) is 0 Å². The Bertz CT molecular complexity index is 442. The fraction of sp³-hybridized carbons (Fsp3) is 0.143. The van der Waals surface area contributed by atoms with Crippen LogP contribution in [0.3, 0.4) is 0 Å². The van der Waals surface area contributed by atoms with Crippen molar-refractivity contribution in [3.63, 3.8) is 0 Å². The summed E-state index contributed by atoms with van der Waals surface area (Å²) in [5.41, 5.74) is 2.50. The molecule has 2 nitrogen and oxygen atoms in total. The third kappa shape index (κ3) is 1.87. The maximum Gasteiger partial charge on any atom is 0.117 e. The molecule has 1 N–H and O–H groups in total. The highest BCUT2D eigenvalue weighted by Crippen LogP contribution is 2.17. The summed E-state index contributed by atoms with van der Waals surface area (Å²) in [6.45, 7) is 7.55. The second-order valence-corrected chi connectivity index (χ2v) is 3.71. The summed E-state index contributed by atoms with van der Waals surface area (Å²) in [7, 11) is 0. The fourth-order valence-electron chi connectivity index (χ4n) is 1.89. The Labute approximate surface area is 95.9 Å². The van der Waals surface area contributed by atoms with Gasteiger partial charge in [-0.05, 0) is 30.2 Å². The minimum absolute atomic E-state index is 0.875. The summed E-state index contributed by atoms with van der Waals surface area (Å²) in [6, 6.07) is 6.26. The van der Waals surface area contributed by atoms with E-state index in [9.17, 15) is 0 Å². The van der Waals surface area contributed by atoms with Gasteiger partial charge in [0.05, 0.1) is 0 Å². The molecule has 0 amide bonds.